The molecule has 3 nitrogen and oxygen atoms in total. The highest BCUT2D eigenvalue weighted by atomic mass is 35.5. The van der Waals surface area contributed by atoms with Crippen LogP contribution in [0.1, 0.15) is 22.6 Å². The average molecular weight is 276 g/mol. The van der Waals surface area contributed by atoms with E-state index in [2.05, 4.69) is 16.4 Å². The first kappa shape index (κ1) is 11.5. The molecule has 0 aliphatic heterocycles. The molecule has 0 atom stereocenters. The highest BCUT2D eigenvalue weighted by molar-refractivity contribution is 7.15. The number of nitrogens with zero attached hydrogens (tertiary/aromatic N) is 2. The standard InChI is InChI=1S/C13H10ClN3S/c14-9-5-4-8(7-15)11(6-9)17-13-16-10-2-1-3-12(10)18-13/h4-6H,1-3H2,(H,16,17). The maximum Gasteiger partial charge on any atom is 0.187 e. The molecule has 1 heterocycles. The minimum Gasteiger partial charge on any atom is -0.330 e. The number of thiazole rings is 1. The van der Waals surface area contributed by atoms with Gasteiger partial charge in [0.2, 0.25) is 0 Å². The van der Waals surface area contributed by atoms with Gasteiger partial charge in [-0.05, 0) is 37.5 Å². The van der Waals surface area contributed by atoms with Crippen molar-refractivity contribution in [2.24, 2.45) is 0 Å². The zero-order valence-corrected chi connectivity index (χ0v) is 11.1. The SMILES string of the molecule is N#Cc1ccc(Cl)cc1Nc1nc2c(s1)CCC2. The van der Waals surface area contributed by atoms with Gasteiger partial charge in [-0.25, -0.2) is 4.98 Å². The Labute approximate surface area is 114 Å². The minimum atomic E-state index is 0.578. The number of benzene rings is 1. The molecule has 0 saturated carbocycles. The highest BCUT2D eigenvalue weighted by Crippen LogP contribution is 2.33. The summed E-state index contributed by atoms with van der Waals surface area (Å²) in [6.45, 7) is 0. The van der Waals surface area contributed by atoms with E-state index in [1.165, 1.54) is 17.0 Å². The van der Waals surface area contributed by atoms with Gasteiger partial charge in [0.1, 0.15) is 6.07 Å². The Bertz CT molecular complexity index is 621. The number of nitrogens with one attached hydrogen (secondary N) is 1. The largest absolute Gasteiger partial charge is 0.330 e. The highest BCUT2D eigenvalue weighted by Gasteiger charge is 2.17. The van der Waals surface area contributed by atoms with E-state index in [9.17, 15) is 0 Å². The number of nitriles is 1. The van der Waals surface area contributed by atoms with Crippen LogP contribution < -0.4 is 5.32 Å². The number of rotatable bonds is 2. The summed E-state index contributed by atoms with van der Waals surface area (Å²) in [5, 5.41) is 13.7. The van der Waals surface area contributed by atoms with E-state index in [-0.39, 0.29) is 0 Å². The molecule has 0 amide bonds. The van der Waals surface area contributed by atoms with Crippen molar-refractivity contribution in [3.63, 3.8) is 0 Å². The zero-order valence-electron chi connectivity index (χ0n) is 9.53. The normalized spacial score (nSPS) is 13.1. The third-order valence-corrected chi connectivity index (χ3v) is 4.25. The fourth-order valence-electron chi connectivity index (χ4n) is 2.08. The average Bonchev–Trinajstić information content (AvgIpc) is 2.90. The molecule has 0 radical (unpaired) electrons. The number of hydrogen-bond acceptors (Lipinski definition) is 4. The second kappa shape index (κ2) is 4.60. The lowest BCUT2D eigenvalue weighted by atomic mass is 10.2. The van der Waals surface area contributed by atoms with E-state index in [0.29, 0.717) is 10.6 Å². The maximum absolute atomic E-state index is 9.05. The summed E-state index contributed by atoms with van der Waals surface area (Å²) >= 11 is 7.62. The van der Waals surface area contributed by atoms with Gasteiger partial charge in [0.05, 0.1) is 16.9 Å². The van der Waals surface area contributed by atoms with Crippen molar-refractivity contribution >= 4 is 33.8 Å². The lowest BCUT2D eigenvalue weighted by Gasteiger charge is -2.05. The van der Waals surface area contributed by atoms with Crippen LogP contribution in [0.15, 0.2) is 18.2 Å². The number of halogens is 1. The fourth-order valence-corrected chi connectivity index (χ4v) is 3.31. The molecule has 18 heavy (non-hydrogen) atoms. The summed E-state index contributed by atoms with van der Waals surface area (Å²) in [5.74, 6) is 0. The first-order valence-corrected chi connectivity index (χ1v) is 6.91. The second-order valence-corrected chi connectivity index (χ2v) is 5.69. The van der Waals surface area contributed by atoms with E-state index in [0.717, 1.165) is 23.7 Å². The van der Waals surface area contributed by atoms with Crippen LogP contribution in [0.2, 0.25) is 5.02 Å². The van der Waals surface area contributed by atoms with Crippen LogP contribution in [0.25, 0.3) is 0 Å². The molecule has 0 saturated heterocycles. The van der Waals surface area contributed by atoms with Crippen LogP contribution in [-0.4, -0.2) is 4.98 Å². The quantitative estimate of drug-likeness (QED) is 0.904. The molecule has 90 valence electrons. The minimum absolute atomic E-state index is 0.578. The van der Waals surface area contributed by atoms with Crippen molar-refractivity contribution in [2.45, 2.75) is 19.3 Å². The van der Waals surface area contributed by atoms with Gasteiger partial charge in [-0.15, -0.1) is 11.3 Å². The van der Waals surface area contributed by atoms with Crippen LogP contribution in [0.5, 0.6) is 0 Å². The molecule has 1 N–H and O–H groups in total. The van der Waals surface area contributed by atoms with Gasteiger partial charge >= 0.3 is 0 Å². The first-order chi connectivity index (χ1) is 8.76. The lowest BCUT2D eigenvalue weighted by molar-refractivity contribution is 0.900. The predicted octanol–water partition coefficient (Wildman–Crippen LogP) is 3.90. The van der Waals surface area contributed by atoms with Crippen molar-refractivity contribution in [2.75, 3.05) is 5.32 Å². The molecule has 0 spiro atoms. The van der Waals surface area contributed by atoms with E-state index >= 15 is 0 Å². The summed E-state index contributed by atoms with van der Waals surface area (Å²) in [7, 11) is 0. The number of hydrogen-bond donors (Lipinski definition) is 1. The van der Waals surface area contributed by atoms with E-state index in [1.807, 2.05) is 0 Å². The molecule has 0 fully saturated rings. The van der Waals surface area contributed by atoms with Crippen molar-refractivity contribution in [3.8, 4) is 6.07 Å². The van der Waals surface area contributed by atoms with Gasteiger partial charge < -0.3 is 5.32 Å². The maximum atomic E-state index is 9.05. The van der Waals surface area contributed by atoms with Crippen LogP contribution >= 0.6 is 22.9 Å². The number of anilines is 2. The van der Waals surface area contributed by atoms with Gasteiger partial charge in [-0.2, -0.15) is 5.26 Å². The topological polar surface area (TPSA) is 48.7 Å². The number of fused-ring (bicyclic) bond motifs is 1. The zero-order chi connectivity index (χ0) is 12.5. The molecular formula is C13H10ClN3S. The Balaban J connectivity index is 1.92. The molecule has 1 aromatic carbocycles. The summed E-state index contributed by atoms with van der Waals surface area (Å²) in [6.07, 6.45) is 3.39. The Morgan fingerprint density at radius 2 is 2.28 bits per heavy atom. The van der Waals surface area contributed by atoms with E-state index in [4.69, 9.17) is 16.9 Å². The predicted molar refractivity (Wildman–Crippen MR) is 73.6 cm³/mol. The second-order valence-electron chi connectivity index (χ2n) is 4.17. The van der Waals surface area contributed by atoms with E-state index in [1.54, 1.807) is 29.5 Å². The number of aryl methyl sites for hydroxylation is 2. The molecular weight excluding hydrogens is 266 g/mol. The van der Waals surface area contributed by atoms with Crippen molar-refractivity contribution < 1.29 is 0 Å². The lowest BCUT2D eigenvalue weighted by Crippen LogP contribution is -1.93. The summed E-state index contributed by atoms with van der Waals surface area (Å²) in [4.78, 5) is 5.91. The summed E-state index contributed by atoms with van der Waals surface area (Å²) < 4.78 is 0. The molecule has 3 rings (SSSR count). The van der Waals surface area contributed by atoms with Crippen LogP contribution in [0.3, 0.4) is 0 Å². The van der Waals surface area contributed by atoms with Crippen LogP contribution in [0.4, 0.5) is 10.8 Å². The summed E-state index contributed by atoms with van der Waals surface area (Å²) in [6, 6.07) is 7.33. The molecule has 2 aromatic rings. The Hall–Kier alpha value is -1.57. The first-order valence-electron chi connectivity index (χ1n) is 5.71. The smallest absolute Gasteiger partial charge is 0.187 e. The van der Waals surface area contributed by atoms with Crippen molar-refractivity contribution in [1.29, 1.82) is 5.26 Å². The molecule has 0 unspecified atom stereocenters. The van der Waals surface area contributed by atoms with Crippen LogP contribution in [0, 0.1) is 11.3 Å². The monoisotopic (exact) mass is 275 g/mol. The summed E-state index contributed by atoms with van der Waals surface area (Å²) in [5.41, 5.74) is 2.50. The Kier molecular flexibility index (Phi) is 2.94. The Morgan fingerprint density at radius 1 is 1.39 bits per heavy atom. The van der Waals surface area contributed by atoms with Crippen molar-refractivity contribution in [3.05, 3.63) is 39.4 Å². The van der Waals surface area contributed by atoms with E-state index < -0.39 is 0 Å². The number of aromatic nitrogens is 1. The van der Waals surface area contributed by atoms with Crippen molar-refractivity contribution in [1.82, 2.24) is 4.98 Å². The van der Waals surface area contributed by atoms with Gasteiger partial charge in [-0.3, -0.25) is 0 Å². The molecule has 1 aromatic heterocycles. The third kappa shape index (κ3) is 2.07. The van der Waals surface area contributed by atoms with Gasteiger partial charge in [0.25, 0.3) is 0 Å². The molecule has 5 heteroatoms. The Morgan fingerprint density at radius 3 is 3.06 bits per heavy atom. The van der Waals surface area contributed by atoms with Gasteiger partial charge in [0.15, 0.2) is 5.13 Å². The van der Waals surface area contributed by atoms with Crippen LogP contribution in [-0.2, 0) is 12.8 Å². The van der Waals surface area contributed by atoms with Gasteiger partial charge in [-0.1, -0.05) is 11.6 Å². The molecule has 1 aliphatic rings. The molecule has 1 aliphatic carbocycles. The third-order valence-electron chi connectivity index (χ3n) is 2.94. The van der Waals surface area contributed by atoms with Gasteiger partial charge in [0, 0.05) is 9.90 Å². The fraction of sp³-hybridized carbons (Fsp3) is 0.231. The molecule has 0 bridgehead atoms.